The molecule has 2 aromatic heterocycles. The lowest BCUT2D eigenvalue weighted by Gasteiger charge is -2.24. The zero-order valence-electron chi connectivity index (χ0n) is 11.9. The van der Waals surface area contributed by atoms with E-state index in [4.69, 9.17) is 12.2 Å². The molecule has 0 bridgehead atoms. The summed E-state index contributed by atoms with van der Waals surface area (Å²) in [6, 6.07) is 3.49. The first-order valence-electron chi connectivity index (χ1n) is 6.32. The minimum atomic E-state index is -0.419. The molecule has 2 heterocycles. The van der Waals surface area contributed by atoms with Crippen molar-refractivity contribution in [2.45, 2.75) is 39.3 Å². The monoisotopic (exact) mass is 310 g/mol. The summed E-state index contributed by atoms with van der Waals surface area (Å²) in [5.74, 6) is 0.620. The maximum atomic E-state index is 12.3. The fourth-order valence-corrected chi connectivity index (χ4v) is 2.84. The minimum Gasteiger partial charge on any atom is -0.350 e. The van der Waals surface area contributed by atoms with Gasteiger partial charge in [-0.15, -0.1) is 11.3 Å². The van der Waals surface area contributed by atoms with Crippen molar-refractivity contribution in [3.05, 3.63) is 22.3 Å². The van der Waals surface area contributed by atoms with Crippen LogP contribution in [0.25, 0.3) is 10.7 Å². The van der Waals surface area contributed by atoms with E-state index in [0.29, 0.717) is 10.6 Å². The number of rotatable bonds is 3. The SMILES string of the molecule is C[C@H](C(=O)NC(C)(C)C)n1c(-c2cccs2)n[nH]c1=S. The summed E-state index contributed by atoms with van der Waals surface area (Å²) in [5, 5.41) is 11.9. The summed E-state index contributed by atoms with van der Waals surface area (Å²) >= 11 is 6.82. The standard InChI is InChI=1S/C13H18N4OS2/c1-8(11(18)14-13(2,3)4)17-10(15-16-12(17)19)9-6-5-7-20-9/h5-8H,1-4H3,(H,14,18)(H,16,19)/t8-/m1/s1. The van der Waals surface area contributed by atoms with Gasteiger partial charge >= 0.3 is 0 Å². The Morgan fingerprint density at radius 2 is 2.25 bits per heavy atom. The lowest BCUT2D eigenvalue weighted by Crippen LogP contribution is -2.43. The molecule has 0 aliphatic carbocycles. The lowest BCUT2D eigenvalue weighted by molar-refractivity contribution is -0.125. The third kappa shape index (κ3) is 3.16. The molecule has 0 unspecified atom stereocenters. The van der Waals surface area contributed by atoms with Crippen LogP contribution in [-0.4, -0.2) is 26.2 Å². The molecular weight excluding hydrogens is 292 g/mol. The van der Waals surface area contributed by atoms with Gasteiger partial charge in [0.05, 0.1) is 4.88 Å². The number of nitrogens with one attached hydrogen (secondary N) is 2. The Hall–Kier alpha value is -1.47. The number of nitrogens with zero attached hydrogens (tertiary/aromatic N) is 2. The summed E-state index contributed by atoms with van der Waals surface area (Å²) in [4.78, 5) is 13.3. The Labute approximate surface area is 127 Å². The number of hydrogen-bond donors (Lipinski definition) is 2. The Morgan fingerprint density at radius 1 is 1.55 bits per heavy atom. The smallest absolute Gasteiger partial charge is 0.243 e. The molecule has 20 heavy (non-hydrogen) atoms. The van der Waals surface area contributed by atoms with Gasteiger partial charge in [0.1, 0.15) is 6.04 Å². The van der Waals surface area contributed by atoms with Crippen molar-refractivity contribution in [2.75, 3.05) is 0 Å². The van der Waals surface area contributed by atoms with Gasteiger partial charge in [0.25, 0.3) is 0 Å². The van der Waals surface area contributed by atoms with Crippen LogP contribution >= 0.6 is 23.6 Å². The van der Waals surface area contributed by atoms with Crippen LogP contribution in [0.1, 0.15) is 33.7 Å². The van der Waals surface area contributed by atoms with Gasteiger partial charge in [-0.25, -0.2) is 0 Å². The molecule has 5 nitrogen and oxygen atoms in total. The second kappa shape index (κ2) is 5.49. The van der Waals surface area contributed by atoms with Crippen LogP contribution in [0.5, 0.6) is 0 Å². The molecule has 0 spiro atoms. The van der Waals surface area contributed by atoms with Gasteiger partial charge < -0.3 is 5.32 Å². The highest BCUT2D eigenvalue weighted by Crippen LogP contribution is 2.25. The molecule has 7 heteroatoms. The van der Waals surface area contributed by atoms with Crippen molar-refractivity contribution >= 4 is 29.5 Å². The summed E-state index contributed by atoms with van der Waals surface area (Å²) < 4.78 is 2.20. The predicted octanol–water partition coefficient (Wildman–Crippen LogP) is 3.14. The van der Waals surface area contributed by atoms with E-state index in [2.05, 4.69) is 15.5 Å². The van der Waals surface area contributed by atoms with E-state index in [1.165, 1.54) is 0 Å². The average molecular weight is 310 g/mol. The van der Waals surface area contributed by atoms with Crippen LogP contribution in [0.15, 0.2) is 17.5 Å². The molecule has 0 fully saturated rings. The molecule has 2 rings (SSSR count). The van der Waals surface area contributed by atoms with E-state index in [9.17, 15) is 4.79 Å². The van der Waals surface area contributed by atoms with E-state index in [1.807, 2.05) is 45.2 Å². The Bertz CT molecular complexity index is 649. The van der Waals surface area contributed by atoms with Gasteiger partial charge in [-0.1, -0.05) is 6.07 Å². The largest absolute Gasteiger partial charge is 0.350 e. The van der Waals surface area contributed by atoms with Gasteiger partial charge in [-0.05, 0) is 51.4 Å². The lowest BCUT2D eigenvalue weighted by atomic mass is 10.1. The van der Waals surface area contributed by atoms with Crippen molar-refractivity contribution in [3.63, 3.8) is 0 Å². The molecule has 1 atom stereocenters. The molecule has 0 aromatic carbocycles. The molecule has 0 aliphatic rings. The highest BCUT2D eigenvalue weighted by Gasteiger charge is 2.24. The summed E-state index contributed by atoms with van der Waals surface area (Å²) in [7, 11) is 0. The number of thiophene rings is 1. The van der Waals surface area contributed by atoms with E-state index in [0.717, 1.165) is 4.88 Å². The number of amides is 1. The van der Waals surface area contributed by atoms with Gasteiger partial charge in [0, 0.05) is 5.54 Å². The van der Waals surface area contributed by atoms with Crippen LogP contribution in [0.2, 0.25) is 0 Å². The summed E-state index contributed by atoms with van der Waals surface area (Å²) in [5.41, 5.74) is -0.277. The molecule has 0 saturated heterocycles. The van der Waals surface area contributed by atoms with Crippen molar-refractivity contribution in [2.24, 2.45) is 0 Å². The Morgan fingerprint density at radius 3 is 2.80 bits per heavy atom. The first-order valence-corrected chi connectivity index (χ1v) is 7.61. The quantitative estimate of drug-likeness (QED) is 0.856. The van der Waals surface area contributed by atoms with E-state index < -0.39 is 6.04 Å². The molecule has 0 radical (unpaired) electrons. The number of carbonyl (C=O) groups excluding carboxylic acids is 1. The van der Waals surface area contributed by atoms with Gasteiger partial charge in [0.15, 0.2) is 10.6 Å². The molecule has 108 valence electrons. The molecule has 1 amide bonds. The van der Waals surface area contributed by atoms with Crippen LogP contribution < -0.4 is 5.32 Å². The minimum absolute atomic E-state index is 0.0761. The highest BCUT2D eigenvalue weighted by molar-refractivity contribution is 7.71. The first-order chi connectivity index (χ1) is 9.29. The van der Waals surface area contributed by atoms with Gasteiger partial charge in [-0.3, -0.25) is 14.5 Å². The second-order valence-corrected chi connectivity index (χ2v) is 6.95. The van der Waals surface area contributed by atoms with Crippen LogP contribution in [0.3, 0.4) is 0 Å². The predicted molar refractivity (Wildman–Crippen MR) is 83.3 cm³/mol. The van der Waals surface area contributed by atoms with E-state index in [1.54, 1.807) is 15.9 Å². The summed E-state index contributed by atoms with van der Waals surface area (Å²) in [6.45, 7) is 7.68. The van der Waals surface area contributed by atoms with Crippen molar-refractivity contribution < 1.29 is 4.79 Å². The molecule has 2 N–H and O–H groups in total. The van der Waals surface area contributed by atoms with E-state index in [-0.39, 0.29) is 11.4 Å². The van der Waals surface area contributed by atoms with Crippen LogP contribution in [0, 0.1) is 4.77 Å². The summed E-state index contributed by atoms with van der Waals surface area (Å²) in [6.07, 6.45) is 0. The number of aromatic nitrogens is 3. The van der Waals surface area contributed by atoms with Gasteiger partial charge in [0.2, 0.25) is 5.91 Å². The fourth-order valence-electron chi connectivity index (χ4n) is 1.83. The first kappa shape index (κ1) is 14.9. The van der Waals surface area contributed by atoms with Crippen molar-refractivity contribution in [3.8, 4) is 10.7 Å². The van der Waals surface area contributed by atoms with Gasteiger partial charge in [-0.2, -0.15) is 5.10 Å². The third-order valence-corrected chi connectivity index (χ3v) is 3.86. The second-order valence-electron chi connectivity index (χ2n) is 5.61. The number of carbonyl (C=O) groups is 1. The average Bonchev–Trinajstić information content (AvgIpc) is 2.94. The van der Waals surface area contributed by atoms with Crippen molar-refractivity contribution in [1.29, 1.82) is 0 Å². The number of hydrogen-bond acceptors (Lipinski definition) is 4. The van der Waals surface area contributed by atoms with Crippen LogP contribution in [-0.2, 0) is 4.79 Å². The highest BCUT2D eigenvalue weighted by atomic mass is 32.1. The normalized spacial score (nSPS) is 13.2. The van der Waals surface area contributed by atoms with Crippen molar-refractivity contribution in [1.82, 2.24) is 20.1 Å². The Kier molecular flexibility index (Phi) is 4.10. The maximum Gasteiger partial charge on any atom is 0.243 e. The molecule has 0 aliphatic heterocycles. The number of aromatic amines is 1. The molecule has 2 aromatic rings. The number of H-pyrrole nitrogens is 1. The third-order valence-electron chi connectivity index (χ3n) is 2.71. The van der Waals surface area contributed by atoms with Crippen LogP contribution in [0.4, 0.5) is 0 Å². The Balaban J connectivity index is 2.36. The fraction of sp³-hybridized carbons (Fsp3) is 0.462. The van der Waals surface area contributed by atoms with E-state index >= 15 is 0 Å². The zero-order chi connectivity index (χ0) is 14.9. The zero-order valence-corrected chi connectivity index (χ0v) is 13.6. The maximum absolute atomic E-state index is 12.3. The topological polar surface area (TPSA) is 62.7 Å². The molecular formula is C13H18N4OS2. The molecule has 0 saturated carbocycles.